The molecule has 0 bridgehead atoms. The summed E-state index contributed by atoms with van der Waals surface area (Å²) in [6.07, 6.45) is 0. The molecule has 19 aromatic rings. The van der Waals surface area contributed by atoms with Gasteiger partial charge in [-0.05, 0) is 135 Å². The summed E-state index contributed by atoms with van der Waals surface area (Å²) in [5.74, 6) is 0. The van der Waals surface area contributed by atoms with Crippen molar-refractivity contribution in [3.8, 4) is 0 Å². The number of nitrogens with zero attached hydrogens (tertiary/aromatic N) is 1. The summed E-state index contributed by atoms with van der Waals surface area (Å²) >= 11 is 3.74. The molecule has 19 rings (SSSR count). The number of nitrogens with one attached hydrogen (secondary N) is 1. The Morgan fingerprint density at radius 2 is 0.663 bits per heavy atom. The molecule has 0 unspecified atom stereocenters. The average Bonchev–Trinajstić information content (AvgIpc) is 4.30. The molecule has 0 amide bonds. The van der Waals surface area contributed by atoms with Crippen LogP contribution in [0.4, 0.5) is 34.1 Å². The molecule has 0 fully saturated rings. The van der Waals surface area contributed by atoms with Crippen molar-refractivity contribution in [2.45, 2.75) is 0 Å². The van der Waals surface area contributed by atoms with E-state index in [4.69, 9.17) is 5.73 Å². The zero-order valence-corrected chi connectivity index (χ0v) is 46.5. The Balaban J connectivity index is 0.000000104. The van der Waals surface area contributed by atoms with E-state index in [-0.39, 0.29) is 0 Å². The number of rotatable bonds is 5. The summed E-state index contributed by atoms with van der Waals surface area (Å²) in [6, 6.07) is 101. The third-order valence-corrected chi connectivity index (χ3v) is 19.6. The highest BCUT2D eigenvalue weighted by atomic mass is 32.1. The van der Waals surface area contributed by atoms with Crippen LogP contribution in [-0.2, 0) is 0 Å². The lowest BCUT2D eigenvalue weighted by Gasteiger charge is -2.28. The summed E-state index contributed by atoms with van der Waals surface area (Å²) < 4.78 is 5.28. The van der Waals surface area contributed by atoms with Gasteiger partial charge >= 0.3 is 0 Å². The minimum Gasteiger partial charge on any atom is -0.398 e. The smallest absolute Gasteiger partial charge is 0.0640 e. The number of anilines is 6. The van der Waals surface area contributed by atoms with E-state index >= 15 is 0 Å². The summed E-state index contributed by atoms with van der Waals surface area (Å²) in [6.45, 7) is 0. The molecule has 3 nitrogen and oxygen atoms in total. The number of nitrogen functional groups attached to an aromatic ring is 1. The van der Waals surface area contributed by atoms with Gasteiger partial charge in [-0.15, -0.1) is 22.7 Å². The van der Waals surface area contributed by atoms with Gasteiger partial charge in [0.05, 0.1) is 26.5 Å². The molecule has 0 aliphatic rings. The van der Waals surface area contributed by atoms with Crippen LogP contribution in [-0.4, -0.2) is 0 Å². The Morgan fingerprint density at radius 3 is 1.27 bits per heavy atom. The standard InChI is InChI=1S/C34H21NS.C28H17NS.C16H11N/c1-2-10-25(11-3-1)35(30-14-7-13-27-26-12-4-5-15-31(26)36-34(27)30)29-21-19-24-17-16-22-8-6-9-23-18-20-28(29)33(24)32(22)23;1-2-10-25-20(7-1)21-8-4-9-24(28(21)30-25)29-23-16-14-19-12-11-17-5-3-6-18-13-15-22(23)27(19)26(17)18;17-14-9-7-12-5-4-10-2-1-3-11-6-8-13(14)16(12)15(10)11/h1-21H;1-16,29H;1-9H,17H2. The highest BCUT2D eigenvalue weighted by molar-refractivity contribution is 7.26. The zero-order valence-electron chi connectivity index (χ0n) is 44.9. The number of para-hydroxylation sites is 1. The fourth-order valence-electron chi connectivity index (χ4n) is 13.4. The van der Waals surface area contributed by atoms with Crippen LogP contribution in [0.2, 0.25) is 0 Å². The number of benzene rings is 17. The first kappa shape index (κ1) is 47.5. The van der Waals surface area contributed by atoms with Crippen molar-refractivity contribution >= 4 is 194 Å². The summed E-state index contributed by atoms with van der Waals surface area (Å²) in [4.78, 5) is 2.45. The van der Waals surface area contributed by atoms with Crippen LogP contribution in [0.1, 0.15) is 0 Å². The molecule has 0 radical (unpaired) electrons. The van der Waals surface area contributed by atoms with Gasteiger partial charge in [0.1, 0.15) is 0 Å². The van der Waals surface area contributed by atoms with Gasteiger partial charge in [0, 0.05) is 64.2 Å². The van der Waals surface area contributed by atoms with E-state index in [1.165, 1.54) is 149 Å². The minimum absolute atomic E-state index is 0.857. The van der Waals surface area contributed by atoms with Crippen LogP contribution in [0.5, 0.6) is 0 Å². The van der Waals surface area contributed by atoms with Crippen molar-refractivity contribution < 1.29 is 0 Å². The maximum Gasteiger partial charge on any atom is 0.0640 e. The fourth-order valence-corrected chi connectivity index (χ4v) is 15.8. The first-order valence-corrected chi connectivity index (χ1v) is 29.9. The van der Waals surface area contributed by atoms with E-state index in [9.17, 15) is 0 Å². The van der Waals surface area contributed by atoms with Crippen LogP contribution in [0, 0.1) is 0 Å². The highest BCUT2D eigenvalue weighted by Gasteiger charge is 2.22. The molecule has 0 aliphatic heterocycles. The monoisotopic (exact) mass is 1090 g/mol. The number of nitrogens with two attached hydrogens (primary N) is 1. The van der Waals surface area contributed by atoms with Gasteiger partial charge in [0.25, 0.3) is 0 Å². The van der Waals surface area contributed by atoms with E-state index in [1.807, 2.05) is 28.7 Å². The molecule has 0 aliphatic carbocycles. The molecule has 0 spiro atoms. The molecule has 5 heteroatoms. The van der Waals surface area contributed by atoms with Crippen LogP contribution in [0.25, 0.3) is 137 Å². The molecule has 17 aromatic carbocycles. The van der Waals surface area contributed by atoms with Crippen molar-refractivity contribution in [1.29, 1.82) is 0 Å². The molecule has 2 aromatic heterocycles. The van der Waals surface area contributed by atoms with E-state index in [1.54, 1.807) is 0 Å². The second-order valence-corrected chi connectivity index (χ2v) is 23.9. The predicted molar refractivity (Wildman–Crippen MR) is 365 cm³/mol. The Kier molecular flexibility index (Phi) is 10.8. The minimum atomic E-state index is 0.857. The fraction of sp³-hybridized carbons (Fsp3) is 0. The van der Waals surface area contributed by atoms with Crippen molar-refractivity contribution in [1.82, 2.24) is 0 Å². The second-order valence-electron chi connectivity index (χ2n) is 21.7. The van der Waals surface area contributed by atoms with Crippen molar-refractivity contribution in [2.75, 3.05) is 16.0 Å². The zero-order chi connectivity index (χ0) is 54.7. The van der Waals surface area contributed by atoms with Crippen molar-refractivity contribution in [3.63, 3.8) is 0 Å². The largest absolute Gasteiger partial charge is 0.398 e. The Bertz CT molecular complexity index is 5650. The molecule has 0 saturated carbocycles. The van der Waals surface area contributed by atoms with Gasteiger partial charge in [0.2, 0.25) is 0 Å². The van der Waals surface area contributed by atoms with E-state index in [0.717, 1.165) is 22.4 Å². The van der Waals surface area contributed by atoms with Crippen LogP contribution in [0.15, 0.2) is 279 Å². The molecule has 83 heavy (non-hydrogen) atoms. The van der Waals surface area contributed by atoms with E-state index in [0.29, 0.717) is 0 Å². The molecular formula is C78H49N3S2. The van der Waals surface area contributed by atoms with Gasteiger partial charge in [-0.3, -0.25) is 0 Å². The molecule has 388 valence electrons. The first-order chi connectivity index (χ1) is 41.1. The molecule has 0 saturated heterocycles. The molecular weight excluding hydrogens is 1040 g/mol. The normalized spacial score (nSPS) is 11.9. The molecule has 3 N–H and O–H groups in total. The van der Waals surface area contributed by atoms with Gasteiger partial charge in [-0.1, -0.05) is 224 Å². The van der Waals surface area contributed by atoms with Gasteiger partial charge < -0.3 is 16.0 Å². The van der Waals surface area contributed by atoms with Gasteiger partial charge in [-0.2, -0.15) is 0 Å². The molecule has 0 atom stereocenters. The maximum absolute atomic E-state index is 6.07. The lowest BCUT2D eigenvalue weighted by Crippen LogP contribution is -2.10. The summed E-state index contributed by atoms with van der Waals surface area (Å²) in [5, 5.41) is 32.4. The van der Waals surface area contributed by atoms with Gasteiger partial charge in [0.15, 0.2) is 0 Å². The third-order valence-electron chi connectivity index (χ3n) is 17.2. The lowest BCUT2D eigenvalue weighted by atomic mass is 9.93. The quantitative estimate of drug-likeness (QED) is 0.133. The van der Waals surface area contributed by atoms with Crippen LogP contribution >= 0.6 is 22.7 Å². The summed E-state index contributed by atoms with van der Waals surface area (Å²) in [5.41, 5.74) is 12.8. The highest BCUT2D eigenvalue weighted by Crippen LogP contribution is 2.49. The van der Waals surface area contributed by atoms with Crippen LogP contribution in [0.3, 0.4) is 0 Å². The third kappa shape index (κ3) is 7.56. The lowest BCUT2D eigenvalue weighted by molar-refractivity contribution is 1.32. The number of fused-ring (bicyclic) bond motifs is 6. The number of thiophene rings is 2. The first-order valence-electron chi connectivity index (χ1n) is 28.3. The summed E-state index contributed by atoms with van der Waals surface area (Å²) in [7, 11) is 0. The Labute approximate surface area is 485 Å². The van der Waals surface area contributed by atoms with Crippen molar-refractivity contribution in [2.24, 2.45) is 0 Å². The van der Waals surface area contributed by atoms with Gasteiger partial charge in [-0.25, -0.2) is 0 Å². The van der Waals surface area contributed by atoms with Crippen LogP contribution < -0.4 is 16.0 Å². The molecule has 2 heterocycles. The Hall–Kier alpha value is -10.3. The average molecular weight is 1090 g/mol. The van der Waals surface area contributed by atoms with E-state index in [2.05, 4.69) is 283 Å². The maximum atomic E-state index is 6.07. The van der Waals surface area contributed by atoms with Crippen molar-refractivity contribution in [3.05, 3.63) is 279 Å². The SMILES string of the molecule is Nc1ccc2ccc3cccc4ccc1c2c34.c1cc2ccc3ccc(Nc4cccc5c4sc4ccccc45)c4ccc(c1)c2c34.c1ccc(N(c2ccc3ccc4cccc5ccc2c3c45)c2cccc3c2sc2ccccc23)cc1. The number of hydrogen-bond acceptors (Lipinski definition) is 5. The Morgan fingerprint density at radius 1 is 0.253 bits per heavy atom. The topological polar surface area (TPSA) is 41.3 Å². The predicted octanol–water partition coefficient (Wildman–Crippen LogP) is 23.3. The van der Waals surface area contributed by atoms with E-state index < -0.39 is 0 Å². The second kappa shape index (κ2) is 18.9. The number of hydrogen-bond donors (Lipinski definition) is 2.